The molecule has 24 heavy (non-hydrogen) atoms. The maximum absolute atomic E-state index is 12.5. The van der Waals surface area contributed by atoms with Crippen LogP contribution in [0.5, 0.6) is 0 Å². The molecular formula is C17H18ClN3O2S. The lowest BCUT2D eigenvalue weighted by atomic mass is 10.1. The molecule has 0 bridgehead atoms. The van der Waals surface area contributed by atoms with Gasteiger partial charge in [-0.25, -0.2) is 0 Å². The third-order valence-electron chi connectivity index (χ3n) is 3.28. The van der Waals surface area contributed by atoms with Gasteiger partial charge in [-0.3, -0.25) is 14.6 Å². The average Bonchev–Trinajstić information content (AvgIpc) is 2.59. The number of thioether (sulfide) groups is 1. The fraction of sp³-hybridized carbons (Fsp3) is 0.235. The normalized spacial score (nSPS) is 11.6. The van der Waals surface area contributed by atoms with E-state index < -0.39 is 6.04 Å². The van der Waals surface area contributed by atoms with Crippen molar-refractivity contribution in [1.82, 2.24) is 10.3 Å². The van der Waals surface area contributed by atoms with Crippen LogP contribution in [0.1, 0.15) is 16.8 Å². The lowest BCUT2D eigenvalue weighted by molar-refractivity contribution is -0.118. The first-order valence-corrected chi connectivity index (χ1v) is 9.14. The molecule has 7 heteroatoms. The molecule has 1 unspecified atom stereocenters. The Labute approximate surface area is 150 Å². The van der Waals surface area contributed by atoms with E-state index in [1.165, 1.54) is 0 Å². The Hall–Kier alpha value is -2.05. The van der Waals surface area contributed by atoms with Gasteiger partial charge in [-0.15, -0.1) is 0 Å². The van der Waals surface area contributed by atoms with Gasteiger partial charge in [0.05, 0.1) is 22.5 Å². The minimum Gasteiger partial charge on any atom is -0.340 e. The van der Waals surface area contributed by atoms with Crippen LogP contribution in [-0.4, -0.2) is 34.8 Å². The Morgan fingerprint density at radius 2 is 2.04 bits per heavy atom. The molecule has 0 saturated heterocycles. The highest BCUT2D eigenvalue weighted by Gasteiger charge is 2.22. The molecule has 0 aliphatic carbocycles. The van der Waals surface area contributed by atoms with Gasteiger partial charge in [0.1, 0.15) is 6.04 Å². The second-order valence-corrected chi connectivity index (χ2v) is 6.41. The van der Waals surface area contributed by atoms with Crippen LogP contribution in [0.25, 0.3) is 0 Å². The quantitative estimate of drug-likeness (QED) is 0.792. The van der Waals surface area contributed by atoms with Gasteiger partial charge < -0.3 is 10.6 Å². The Bertz CT molecular complexity index is 697. The van der Waals surface area contributed by atoms with Crippen molar-refractivity contribution in [2.24, 2.45) is 0 Å². The average molecular weight is 364 g/mol. The summed E-state index contributed by atoms with van der Waals surface area (Å²) < 4.78 is 0. The van der Waals surface area contributed by atoms with Gasteiger partial charge >= 0.3 is 0 Å². The molecule has 2 aromatic rings. The summed E-state index contributed by atoms with van der Waals surface area (Å²) in [7, 11) is 0. The van der Waals surface area contributed by atoms with E-state index in [1.807, 2.05) is 6.26 Å². The second kappa shape index (κ2) is 9.30. The Balaban J connectivity index is 2.08. The summed E-state index contributed by atoms with van der Waals surface area (Å²) in [4.78, 5) is 28.8. The Kier molecular flexibility index (Phi) is 7.08. The van der Waals surface area contributed by atoms with Crippen molar-refractivity contribution in [2.75, 3.05) is 17.3 Å². The van der Waals surface area contributed by atoms with Crippen molar-refractivity contribution in [3.05, 3.63) is 59.4 Å². The molecule has 2 amide bonds. The third kappa shape index (κ3) is 5.25. The van der Waals surface area contributed by atoms with E-state index in [2.05, 4.69) is 15.6 Å². The predicted octanol–water partition coefficient (Wildman–Crippen LogP) is 3.23. The van der Waals surface area contributed by atoms with Crippen LogP contribution in [-0.2, 0) is 4.79 Å². The van der Waals surface area contributed by atoms with Crippen LogP contribution in [0.4, 0.5) is 5.69 Å². The summed E-state index contributed by atoms with van der Waals surface area (Å²) in [5, 5.41) is 5.88. The molecule has 0 aliphatic rings. The Morgan fingerprint density at radius 3 is 2.71 bits per heavy atom. The zero-order valence-electron chi connectivity index (χ0n) is 13.2. The zero-order valence-corrected chi connectivity index (χ0v) is 14.7. The number of anilines is 1. The molecule has 0 radical (unpaired) electrons. The van der Waals surface area contributed by atoms with E-state index in [0.29, 0.717) is 22.7 Å². The summed E-state index contributed by atoms with van der Waals surface area (Å²) in [6.07, 6.45) is 5.65. The SMILES string of the molecule is CSCCC(NC(=O)c1ccccc1Cl)C(=O)Nc1cccnc1. The summed E-state index contributed by atoms with van der Waals surface area (Å²) in [5.41, 5.74) is 0.936. The van der Waals surface area contributed by atoms with Gasteiger partial charge in [0.25, 0.3) is 5.91 Å². The highest BCUT2D eigenvalue weighted by Crippen LogP contribution is 2.15. The molecule has 126 valence electrons. The van der Waals surface area contributed by atoms with Crippen molar-refractivity contribution in [2.45, 2.75) is 12.5 Å². The first-order valence-electron chi connectivity index (χ1n) is 7.37. The van der Waals surface area contributed by atoms with Crippen LogP contribution < -0.4 is 10.6 Å². The number of carbonyl (C=O) groups is 2. The van der Waals surface area contributed by atoms with E-state index in [9.17, 15) is 9.59 Å². The molecule has 2 N–H and O–H groups in total. The van der Waals surface area contributed by atoms with Gasteiger partial charge in [0.2, 0.25) is 5.91 Å². The molecule has 1 aromatic heterocycles. The van der Waals surface area contributed by atoms with E-state index in [4.69, 9.17) is 11.6 Å². The lowest BCUT2D eigenvalue weighted by Crippen LogP contribution is -2.44. The molecule has 0 saturated carbocycles. The molecule has 1 aromatic carbocycles. The summed E-state index contributed by atoms with van der Waals surface area (Å²) in [6.45, 7) is 0. The van der Waals surface area contributed by atoms with Gasteiger partial charge in [0, 0.05) is 6.20 Å². The molecule has 0 aliphatic heterocycles. The lowest BCUT2D eigenvalue weighted by Gasteiger charge is -2.18. The topological polar surface area (TPSA) is 71.1 Å². The molecule has 1 heterocycles. The van der Waals surface area contributed by atoms with Crippen molar-refractivity contribution < 1.29 is 9.59 Å². The predicted molar refractivity (Wildman–Crippen MR) is 98.6 cm³/mol. The minimum atomic E-state index is -0.651. The highest BCUT2D eigenvalue weighted by atomic mass is 35.5. The van der Waals surface area contributed by atoms with E-state index in [0.717, 1.165) is 5.75 Å². The molecule has 0 spiro atoms. The molecule has 2 rings (SSSR count). The number of nitrogens with one attached hydrogen (secondary N) is 2. The van der Waals surface area contributed by atoms with E-state index in [1.54, 1.807) is 60.6 Å². The van der Waals surface area contributed by atoms with E-state index in [-0.39, 0.29) is 11.8 Å². The number of hydrogen-bond acceptors (Lipinski definition) is 4. The van der Waals surface area contributed by atoms with Gasteiger partial charge in [-0.2, -0.15) is 11.8 Å². The van der Waals surface area contributed by atoms with Crippen LogP contribution in [0.15, 0.2) is 48.8 Å². The molecule has 1 atom stereocenters. The van der Waals surface area contributed by atoms with Crippen LogP contribution in [0, 0.1) is 0 Å². The maximum Gasteiger partial charge on any atom is 0.253 e. The van der Waals surface area contributed by atoms with Crippen LogP contribution in [0.3, 0.4) is 0 Å². The molecule has 0 fully saturated rings. The number of aromatic nitrogens is 1. The van der Waals surface area contributed by atoms with Gasteiger partial charge in [-0.1, -0.05) is 23.7 Å². The monoisotopic (exact) mass is 363 g/mol. The van der Waals surface area contributed by atoms with Crippen molar-refractivity contribution in [1.29, 1.82) is 0 Å². The van der Waals surface area contributed by atoms with Crippen molar-refractivity contribution in [3.63, 3.8) is 0 Å². The third-order valence-corrected chi connectivity index (χ3v) is 4.25. The fourth-order valence-electron chi connectivity index (χ4n) is 2.05. The smallest absolute Gasteiger partial charge is 0.253 e. The molecular weight excluding hydrogens is 346 g/mol. The number of benzene rings is 1. The number of pyridine rings is 1. The van der Waals surface area contributed by atoms with Crippen LogP contribution >= 0.6 is 23.4 Å². The van der Waals surface area contributed by atoms with Crippen molar-refractivity contribution >= 4 is 40.9 Å². The number of hydrogen-bond donors (Lipinski definition) is 2. The standard InChI is InChI=1S/C17H18ClN3O2S/c1-24-10-8-15(17(23)20-12-5-4-9-19-11-12)21-16(22)13-6-2-3-7-14(13)18/h2-7,9,11,15H,8,10H2,1H3,(H,20,23)(H,21,22). The van der Waals surface area contributed by atoms with E-state index >= 15 is 0 Å². The zero-order chi connectivity index (χ0) is 17.4. The number of amides is 2. The maximum atomic E-state index is 12.5. The second-order valence-electron chi connectivity index (χ2n) is 5.02. The largest absolute Gasteiger partial charge is 0.340 e. The van der Waals surface area contributed by atoms with Gasteiger partial charge in [0.15, 0.2) is 0 Å². The minimum absolute atomic E-state index is 0.280. The summed E-state index contributed by atoms with van der Waals surface area (Å²) in [5.74, 6) is 0.0963. The fourth-order valence-corrected chi connectivity index (χ4v) is 2.74. The summed E-state index contributed by atoms with van der Waals surface area (Å²) >= 11 is 7.65. The highest BCUT2D eigenvalue weighted by molar-refractivity contribution is 7.98. The number of nitrogens with zero attached hydrogens (tertiary/aromatic N) is 1. The number of halogens is 1. The van der Waals surface area contributed by atoms with Crippen molar-refractivity contribution in [3.8, 4) is 0 Å². The van der Waals surface area contributed by atoms with Crippen LogP contribution in [0.2, 0.25) is 5.02 Å². The first kappa shape index (κ1) is 18.3. The number of rotatable bonds is 7. The molecule has 5 nitrogen and oxygen atoms in total. The summed E-state index contributed by atoms with van der Waals surface area (Å²) in [6, 6.07) is 9.57. The Morgan fingerprint density at radius 1 is 1.25 bits per heavy atom. The first-order chi connectivity index (χ1) is 11.6. The van der Waals surface area contributed by atoms with Gasteiger partial charge in [-0.05, 0) is 42.7 Å². The number of carbonyl (C=O) groups excluding carboxylic acids is 2.